The van der Waals surface area contributed by atoms with Crippen molar-refractivity contribution in [3.05, 3.63) is 48.2 Å². The molecule has 1 saturated heterocycles. The van der Waals surface area contributed by atoms with Gasteiger partial charge in [-0.05, 0) is 43.5 Å². The van der Waals surface area contributed by atoms with E-state index in [0.29, 0.717) is 18.3 Å². The van der Waals surface area contributed by atoms with E-state index in [1.54, 1.807) is 7.11 Å². The minimum Gasteiger partial charge on any atom is -0.491 e. The number of hydrogen-bond acceptors (Lipinski definition) is 5. The second-order valence-electron chi connectivity index (χ2n) is 6.90. The average molecular weight is 365 g/mol. The highest BCUT2D eigenvalue weighted by atomic mass is 16.5. The number of hydrogen-bond donors (Lipinski definition) is 0. The molecular formula is C22H25N2O3. The zero-order valence-electron chi connectivity index (χ0n) is 15.9. The van der Waals surface area contributed by atoms with E-state index in [4.69, 9.17) is 14.0 Å². The number of anilines is 1. The van der Waals surface area contributed by atoms with Crippen molar-refractivity contribution in [3.8, 4) is 11.5 Å². The van der Waals surface area contributed by atoms with E-state index >= 15 is 0 Å². The van der Waals surface area contributed by atoms with Gasteiger partial charge in [0.25, 0.3) is 0 Å². The lowest BCUT2D eigenvalue weighted by atomic mass is 9.91. The Balaban J connectivity index is 1.51. The third-order valence-electron chi connectivity index (χ3n) is 5.18. The van der Waals surface area contributed by atoms with E-state index in [0.717, 1.165) is 60.5 Å². The Labute approximate surface area is 159 Å². The molecule has 1 aliphatic rings. The molecule has 0 saturated carbocycles. The highest BCUT2D eigenvalue weighted by molar-refractivity contribution is 5.79. The third kappa shape index (κ3) is 3.46. The van der Waals surface area contributed by atoms with Gasteiger partial charge >= 0.3 is 0 Å². The Bertz CT molecular complexity index is 897. The van der Waals surface area contributed by atoms with Gasteiger partial charge in [0.1, 0.15) is 0 Å². The van der Waals surface area contributed by atoms with Crippen molar-refractivity contribution >= 4 is 16.7 Å². The van der Waals surface area contributed by atoms with Crippen LogP contribution in [-0.2, 0) is 0 Å². The predicted molar refractivity (Wildman–Crippen MR) is 106 cm³/mol. The first-order valence-corrected chi connectivity index (χ1v) is 9.62. The maximum absolute atomic E-state index is 5.81. The summed E-state index contributed by atoms with van der Waals surface area (Å²) >= 11 is 0. The number of rotatable bonds is 6. The first kappa shape index (κ1) is 17.7. The van der Waals surface area contributed by atoms with E-state index in [-0.39, 0.29) is 0 Å². The van der Waals surface area contributed by atoms with E-state index in [1.807, 2.05) is 24.3 Å². The SMILES string of the molecule is CCCOc1[c]ccc(N2CCC(c3noc4ccccc34)CC2)c1OC. The molecular weight excluding hydrogens is 340 g/mol. The summed E-state index contributed by atoms with van der Waals surface area (Å²) < 4.78 is 17.0. The number of para-hydroxylation sites is 1. The van der Waals surface area contributed by atoms with Crippen LogP contribution in [-0.4, -0.2) is 32.0 Å². The number of aromatic nitrogens is 1. The Morgan fingerprint density at radius 2 is 2.04 bits per heavy atom. The van der Waals surface area contributed by atoms with Crippen LogP contribution in [0.4, 0.5) is 5.69 Å². The molecule has 2 heterocycles. The van der Waals surface area contributed by atoms with Crippen LogP contribution in [0.5, 0.6) is 11.5 Å². The van der Waals surface area contributed by atoms with Crippen molar-refractivity contribution in [3.63, 3.8) is 0 Å². The minimum absolute atomic E-state index is 0.419. The lowest BCUT2D eigenvalue weighted by molar-refractivity contribution is 0.293. The maximum atomic E-state index is 5.81. The summed E-state index contributed by atoms with van der Waals surface area (Å²) in [7, 11) is 1.69. The van der Waals surface area contributed by atoms with Crippen molar-refractivity contribution in [2.45, 2.75) is 32.1 Å². The Hall–Kier alpha value is -2.69. The molecule has 5 heteroatoms. The van der Waals surface area contributed by atoms with Gasteiger partial charge in [-0.3, -0.25) is 0 Å². The molecule has 0 bridgehead atoms. The number of nitrogens with zero attached hydrogens (tertiary/aromatic N) is 2. The average Bonchev–Trinajstić information content (AvgIpc) is 3.16. The molecule has 1 fully saturated rings. The molecule has 4 rings (SSSR count). The van der Waals surface area contributed by atoms with Crippen LogP contribution < -0.4 is 14.4 Å². The van der Waals surface area contributed by atoms with Crippen LogP contribution in [0.1, 0.15) is 37.8 Å². The Kier molecular flexibility index (Phi) is 5.19. The standard InChI is InChI=1S/C22H25N2O3/c1-3-15-26-20-10-6-8-18(22(20)25-2)24-13-11-16(12-14-24)21-17-7-4-5-9-19(17)27-23-21/h4-9,16H,3,11-15H2,1-2H3. The fraction of sp³-hybridized carbons (Fsp3) is 0.409. The Morgan fingerprint density at radius 3 is 2.81 bits per heavy atom. The predicted octanol–water partition coefficient (Wildman–Crippen LogP) is 4.81. The third-order valence-corrected chi connectivity index (χ3v) is 5.18. The fourth-order valence-electron chi connectivity index (χ4n) is 3.81. The first-order valence-electron chi connectivity index (χ1n) is 9.62. The summed E-state index contributed by atoms with van der Waals surface area (Å²) in [5.74, 6) is 1.89. The summed E-state index contributed by atoms with van der Waals surface area (Å²) in [5.41, 5.74) is 3.03. The zero-order chi connectivity index (χ0) is 18.6. The highest BCUT2D eigenvalue weighted by Gasteiger charge is 2.27. The molecule has 0 unspecified atom stereocenters. The molecule has 27 heavy (non-hydrogen) atoms. The van der Waals surface area contributed by atoms with Crippen LogP contribution in [0, 0.1) is 6.07 Å². The van der Waals surface area contributed by atoms with E-state index in [2.05, 4.69) is 35.2 Å². The number of benzene rings is 2. The summed E-state index contributed by atoms with van der Waals surface area (Å²) in [6, 6.07) is 15.2. The quantitative estimate of drug-likeness (QED) is 0.627. The highest BCUT2D eigenvalue weighted by Crippen LogP contribution is 2.40. The lowest BCUT2D eigenvalue weighted by Crippen LogP contribution is -2.33. The minimum atomic E-state index is 0.419. The molecule has 1 aliphatic heterocycles. The van der Waals surface area contributed by atoms with Crippen molar-refractivity contribution < 1.29 is 14.0 Å². The molecule has 0 atom stereocenters. The molecule has 141 valence electrons. The fourth-order valence-corrected chi connectivity index (χ4v) is 3.81. The molecule has 1 aromatic heterocycles. The normalized spacial score (nSPS) is 15.3. The van der Waals surface area contributed by atoms with E-state index in [9.17, 15) is 0 Å². The lowest BCUT2D eigenvalue weighted by Gasteiger charge is -2.34. The second-order valence-corrected chi connectivity index (χ2v) is 6.90. The molecule has 0 amide bonds. The maximum Gasteiger partial charge on any atom is 0.184 e. The largest absolute Gasteiger partial charge is 0.491 e. The van der Waals surface area contributed by atoms with Gasteiger partial charge in [0, 0.05) is 30.5 Å². The number of piperidine rings is 1. The monoisotopic (exact) mass is 365 g/mol. The zero-order valence-corrected chi connectivity index (χ0v) is 15.9. The number of ether oxygens (including phenoxy) is 2. The number of fused-ring (bicyclic) bond motifs is 1. The van der Waals surface area contributed by atoms with Crippen LogP contribution >= 0.6 is 0 Å². The van der Waals surface area contributed by atoms with Crippen LogP contribution in [0.2, 0.25) is 0 Å². The molecule has 2 aromatic carbocycles. The molecule has 0 spiro atoms. The van der Waals surface area contributed by atoms with Crippen LogP contribution in [0.15, 0.2) is 40.9 Å². The van der Waals surface area contributed by atoms with E-state index < -0.39 is 0 Å². The molecule has 0 aliphatic carbocycles. The smallest absolute Gasteiger partial charge is 0.184 e. The molecule has 1 radical (unpaired) electrons. The number of methoxy groups -OCH3 is 1. The van der Waals surface area contributed by atoms with Gasteiger partial charge in [-0.1, -0.05) is 24.2 Å². The Morgan fingerprint density at radius 1 is 1.22 bits per heavy atom. The van der Waals surface area contributed by atoms with Gasteiger partial charge in [0.05, 0.1) is 25.1 Å². The van der Waals surface area contributed by atoms with Gasteiger partial charge < -0.3 is 18.9 Å². The van der Waals surface area contributed by atoms with Crippen molar-refractivity contribution in [2.24, 2.45) is 0 Å². The summed E-state index contributed by atoms with van der Waals surface area (Å²) in [4.78, 5) is 2.37. The molecule has 3 aromatic rings. The van der Waals surface area contributed by atoms with Gasteiger partial charge in [-0.25, -0.2) is 0 Å². The first-order chi connectivity index (χ1) is 13.3. The summed E-state index contributed by atoms with van der Waals surface area (Å²) in [5, 5.41) is 5.49. The van der Waals surface area contributed by atoms with Crippen LogP contribution in [0.3, 0.4) is 0 Å². The van der Waals surface area contributed by atoms with Crippen molar-refractivity contribution in [2.75, 3.05) is 31.7 Å². The van der Waals surface area contributed by atoms with Gasteiger partial charge in [-0.15, -0.1) is 0 Å². The van der Waals surface area contributed by atoms with Gasteiger partial charge in [0.15, 0.2) is 17.1 Å². The molecule has 0 N–H and O–H groups in total. The van der Waals surface area contributed by atoms with Crippen molar-refractivity contribution in [1.29, 1.82) is 0 Å². The van der Waals surface area contributed by atoms with Gasteiger partial charge in [0.2, 0.25) is 0 Å². The van der Waals surface area contributed by atoms with Crippen molar-refractivity contribution in [1.82, 2.24) is 5.16 Å². The summed E-state index contributed by atoms with van der Waals surface area (Å²) in [6.45, 7) is 4.64. The van der Waals surface area contributed by atoms with Gasteiger partial charge in [-0.2, -0.15) is 0 Å². The van der Waals surface area contributed by atoms with E-state index in [1.165, 1.54) is 0 Å². The second kappa shape index (κ2) is 7.91. The topological polar surface area (TPSA) is 47.7 Å². The van der Waals surface area contributed by atoms with Crippen LogP contribution in [0.25, 0.3) is 11.0 Å². The molecule has 5 nitrogen and oxygen atoms in total. The summed E-state index contributed by atoms with van der Waals surface area (Å²) in [6.07, 6.45) is 3.02.